The fraction of sp³-hybridized carbons (Fsp3) is 0.176. The molecular formula is C17H15F3N2O3. The summed E-state index contributed by atoms with van der Waals surface area (Å²) in [6.07, 6.45) is -5.24. The Labute approximate surface area is 141 Å². The molecule has 0 atom stereocenters. The second-order valence-corrected chi connectivity index (χ2v) is 5.02. The minimum Gasteiger partial charge on any atom is -0.495 e. The van der Waals surface area contributed by atoms with Crippen molar-refractivity contribution >= 4 is 23.2 Å². The van der Waals surface area contributed by atoms with E-state index < -0.39 is 35.7 Å². The first-order chi connectivity index (χ1) is 11.8. The van der Waals surface area contributed by atoms with E-state index in [0.717, 1.165) is 12.1 Å². The normalized spacial score (nSPS) is 10.9. The summed E-state index contributed by atoms with van der Waals surface area (Å²) in [7, 11) is 1.42. The van der Waals surface area contributed by atoms with Crippen molar-refractivity contribution in [3.05, 3.63) is 54.1 Å². The largest absolute Gasteiger partial charge is 0.495 e. The lowest BCUT2D eigenvalue weighted by molar-refractivity contribution is -0.137. The maximum absolute atomic E-state index is 12.9. The second-order valence-electron chi connectivity index (χ2n) is 5.02. The van der Waals surface area contributed by atoms with Crippen LogP contribution in [-0.2, 0) is 15.8 Å². The Kier molecular flexibility index (Phi) is 5.63. The first-order valence-electron chi connectivity index (χ1n) is 7.20. The fourth-order valence-corrected chi connectivity index (χ4v) is 2.12. The number of carbonyl (C=O) groups excluding carboxylic acids is 2. The highest BCUT2D eigenvalue weighted by Gasteiger charge is 2.33. The molecule has 25 heavy (non-hydrogen) atoms. The van der Waals surface area contributed by atoms with E-state index in [1.54, 1.807) is 24.3 Å². The van der Waals surface area contributed by atoms with Gasteiger partial charge in [-0.2, -0.15) is 13.2 Å². The summed E-state index contributed by atoms with van der Waals surface area (Å²) >= 11 is 0. The summed E-state index contributed by atoms with van der Waals surface area (Å²) in [5, 5.41) is 4.59. The van der Waals surface area contributed by atoms with Crippen molar-refractivity contribution in [1.82, 2.24) is 0 Å². The van der Waals surface area contributed by atoms with E-state index >= 15 is 0 Å². The summed E-state index contributed by atoms with van der Waals surface area (Å²) in [5.41, 5.74) is -1.02. The van der Waals surface area contributed by atoms with Gasteiger partial charge in [-0.25, -0.2) is 0 Å². The molecule has 0 spiro atoms. The Bertz CT molecular complexity index is 776. The highest BCUT2D eigenvalue weighted by Crippen LogP contribution is 2.34. The van der Waals surface area contributed by atoms with E-state index in [-0.39, 0.29) is 0 Å². The molecule has 0 fully saturated rings. The Morgan fingerprint density at radius 3 is 2.04 bits per heavy atom. The SMILES string of the molecule is COc1ccccc1NC(=O)CC(=O)Nc1ccccc1C(F)(F)F. The van der Waals surface area contributed by atoms with Gasteiger partial charge in [0.05, 0.1) is 24.0 Å². The third kappa shape index (κ3) is 4.97. The van der Waals surface area contributed by atoms with Crippen molar-refractivity contribution in [3.8, 4) is 5.75 Å². The molecule has 0 aliphatic rings. The molecule has 8 heteroatoms. The van der Waals surface area contributed by atoms with Gasteiger partial charge in [0.1, 0.15) is 12.2 Å². The van der Waals surface area contributed by atoms with Gasteiger partial charge >= 0.3 is 6.18 Å². The van der Waals surface area contributed by atoms with E-state index in [4.69, 9.17) is 4.74 Å². The third-order valence-corrected chi connectivity index (χ3v) is 3.21. The van der Waals surface area contributed by atoms with E-state index in [2.05, 4.69) is 10.6 Å². The van der Waals surface area contributed by atoms with Crippen LogP contribution in [0, 0.1) is 0 Å². The van der Waals surface area contributed by atoms with Gasteiger partial charge in [0.2, 0.25) is 11.8 Å². The number of hydrogen-bond donors (Lipinski definition) is 2. The van der Waals surface area contributed by atoms with Gasteiger partial charge in [-0.3, -0.25) is 9.59 Å². The quantitative estimate of drug-likeness (QED) is 0.807. The zero-order valence-electron chi connectivity index (χ0n) is 13.2. The molecule has 0 heterocycles. The monoisotopic (exact) mass is 352 g/mol. The van der Waals surface area contributed by atoms with E-state index in [0.29, 0.717) is 11.4 Å². The summed E-state index contributed by atoms with van der Waals surface area (Å²) in [6.45, 7) is 0. The number of halogens is 3. The van der Waals surface area contributed by atoms with Crippen LogP contribution in [0.2, 0.25) is 0 Å². The summed E-state index contributed by atoms with van der Waals surface area (Å²) in [6, 6.07) is 11.1. The molecule has 0 radical (unpaired) electrons. The van der Waals surface area contributed by atoms with Crippen LogP contribution in [0.3, 0.4) is 0 Å². The second kappa shape index (κ2) is 7.69. The molecular weight excluding hydrogens is 337 g/mol. The molecule has 2 N–H and O–H groups in total. The minimum atomic E-state index is -4.61. The number of alkyl halides is 3. The molecule has 2 amide bonds. The predicted octanol–water partition coefficient (Wildman–Crippen LogP) is 3.68. The maximum Gasteiger partial charge on any atom is 0.418 e. The zero-order chi connectivity index (χ0) is 18.4. The minimum absolute atomic E-state index is 0.360. The number of methoxy groups -OCH3 is 1. The van der Waals surface area contributed by atoms with Crippen LogP contribution in [0.25, 0.3) is 0 Å². The van der Waals surface area contributed by atoms with Crippen molar-refractivity contribution in [1.29, 1.82) is 0 Å². The Hall–Kier alpha value is -3.03. The zero-order valence-corrected chi connectivity index (χ0v) is 13.2. The molecule has 0 aromatic heterocycles. The number of benzene rings is 2. The van der Waals surface area contributed by atoms with Gasteiger partial charge in [0, 0.05) is 0 Å². The van der Waals surface area contributed by atoms with E-state index in [9.17, 15) is 22.8 Å². The number of rotatable bonds is 5. The Morgan fingerprint density at radius 1 is 0.920 bits per heavy atom. The first-order valence-corrected chi connectivity index (χ1v) is 7.20. The van der Waals surface area contributed by atoms with Crippen molar-refractivity contribution in [2.45, 2.75) is 12.6 Å². The van der Waals surface area contributed by atoms with Gasteiger partial charge in [-0.1, -0.05) is 24.3 Å². The van der Waals surface area contributed by atoms with E-state index in [1.807, 2.05) is 0 Å². The molecule has 2 aromatic carbocycles. The number of para-hydroxylation sites is 3. The lowest BCUT2D eigenvalue weighted by Crippen LogP contribution is -2.23. The van der Waals surface area contributed by atoms with Crippen molar-refractivity contribution in [2.24, 2.45) is 0 Å². The van der Waals surface area contributed by atoms with Gasteiger partial charge < -0.3 is 15.4 Å². The molecule has 0 saturated carbocycles. The van der Waals surface area contributed by atoms with Gasteiger partial charge in [0.15, 0.2) is 0 Å². The number of nitrogens with one attached hydrogen (secondary N) is 2. The van der Waals surface area contributed by atoms with Crippen LogP contribution >= 0.6 is 0 Å². The average Bonchev–Trinajstić information content (AvgIpc) is 2.54. The molecule has 0 unspecified atom stereocenters. The smallest absolute Gasteiger partial charge is 0.418 e. The molecule has 0 aliphatic carbocycles. The van der Waals surface area contributed by atoms with Crippen LogP contribution in [0.15, 0.2) is 48.5 Å². The topological polar surface area (TPSA) is 67.4 Å². The summed E-state index contributed by atoms with van der Waals surface area (Å²) in [5.74, 6) is -1.13. The molecule has 132 valence electrons. The molecule has 5 nitrogen and oxygen atoms in total. The highest BCUT2D eigenvalue weighted by atomic mass is 19.4. The maximum atomic E-state index is 12.9. The lowest BCUT2D eigenvalue weighted by Gasteiger charge is -2.13. The summed E-state index contributed by atoms with van der Waals surface area (Å²) < 4.78 is 43.7. The average molecular weight is 352 g/mol. The van der Waals surface area contributed by atoms with Crippen LogP contribution < -0.4 is 15.4 Å². The highest BCUT2D eigenvalue weighted by molar-refractivity contribution is 6.08. The van der Waals surface area contributed by atoms with Gasteiger partial charge in [-0.05, 0) is 24.3 Å². The van der Waals surface area contributed by atoms with Crippen LogP contribution in [0.4, 0.5) is 24.5 Å². The third-order valence-electron chi connectivity index (χ3n) is 3.21. The van der Waals surface area contributed by atoms with Crippen LogP contribution in [0.5, 0.6) is 5.75 Å². The van der Waals surface area contributed by atoms with Crippen molar-refractivity contribution < 1.29 is 27.5 Å². The van der Waals surface area contributed by atoms with E-state index in [1.165, 1.54) is 19.2 Å². The molecule has 2 rings (SSSR count). The summed E-state index contributed by atoms with van der Waals surface area (Å²) in [4.78, 5) is 23.8. The fourth-order valence-electron chi connectivity index (χ4n) is 2.12. The number of ether oxygens (including phenoxy) is 1. The van der Waals surface area contributed by atoms with Gasteiger partial charge in [-0.15, -0.1) is 0 Å². The Morgan fingerprint density at radius 2 is 1.44 bits per heavy atom. The number of carbonyl (C=O) groups is 2. The number of anilines is 2. The first kappa shape index (κ1) is 18.3. The van der Waals surface area contributed by atoms with Crippen molar-refractivity contribution in [2.75, 3.05) is 17.7 Å². The molecule has 2 aromatic rings. The van der Waals surface area contributed by atoms with Crippen LogP contribution in [-0.4, -0.2) is 18.9 Å². The Balaban J connectivity index is 2.02. The molecule has 0 saturated heterocycles. The standard InChI is InChI=1S/C17H15F3N2O3/c1-25-14-9-5-4-8-13(14)22-16(24)10-15(23)21-12-7-3-2-6-11(12)17(18,19)20/h2-9H,10H2,1H3,(H,21,23)(H,22,24). The van der Waals surface area contributed by atoms with Gasteiger partial charge in [0.25, 0.3) is 0 Å². The number of hydrogen-bond acceptors (Lipinski definition) is 3. The lowest BCUT2D eigenvalue weighted by atomic mass is 10.1. The number of amides is 2. The van der Waals surface area contributed by atoms with Crippen molar-refractivity contribution in [3.63, 3.8) is 0 Å². The molecule has 0 aliphatic heterocycles. The predicted molar refractivity (Wildman–Crippen MR) is 86.3 cm³/mol. The molecule has 0 bridgehead atoms. The van der Waals surface area contributed by atoms with Crippen LogP contribution in [0.1, 0.15) is 12.0 Å².